The molecule has 1 aromatic carbocycles. The Kier molecular flexibility index (Phi) is 3.91. The van der Waals surface area contributed by atoms with E-state index in [4.69, 9.17) is 0 Å². The molecule has 0 aliphatic rings. The van der Waals surface area contributed by atoms with Gasteiger partial charge in [-0.25, -0.2) is 4.39 Å². The summed E-state index contributed by atoms with van der Waals surface area (Å²) in [6, 6.07) is 11.8. The van der Waals surface area contributed by atoms with Gasteiger partial charge in [-0.05, 0) is 24.3 Å². The van der Waals surface area contributed by atoms with E-state index >= 15 is 0 Å². The first kappa shape index (κ1) is 13.9. The number of hydrogen-bond donors (Lipinski definition) is 1. The molecule has 1 amide bonds. The lowest BCUT2D eigenvalue weighted by molar-refractivity contribution is -0.116. The van der Waals surface area contributed by atoms with Crippen LogP contribution in [0.15, 0.2) is 54.7 Å². The Labute approximate surface area is 126 Å². The molecule has 22 heavy (non-hydrogen) atoms. The maximum Gasteiger partial charge on any atom is 0.244 e. The summed E-state index contributed by atoms with van der Waals surface area (Å²) >= 11 is 0. The van der Waals surface area contributed by atoms with Crippen molar-refractivity contribution in [1.29, 1.82) is 0 Å². The van der Waals surface area contributed by atoms with Gasteiger partial charge in [-0.2, -0.15) is 0 Å². The molecule has 0 saturated heterocycles. The lowest BCUT2D eigenvalue weighted by Gasteiger charge is -2.01. The van der Waals surface area contributed by atoms with Crippen LogP contribution in [0.2, 0.25) is 0 Å². The molecule has 6 heteroatoms. The largest absolute Gasteiger partial charge is 0.345 e. The van der Waals surface area contributed by atoms with Crippen LogP contribution in [0, 0.1) is 5.82 Å². The zero-order valence-corrected chi connectivity index (χ0v) is 11.6. The Morgan fingerprint density at radius 1 is 1.18 bits per heavy atom. The van der Waals surface area contributed by atoms with Crippen LogP contribution in [-0.2, 0) is 11.3 Å². The van der Waals surface area contributed by atoms with Crippen molar-refractivity contribution in [2.75, 3.05) is 0 Å². The van der Waals surface area contributed by atoms with Gasteiger partial charge in [-0.1, -0.05) is 24.3 Å². The molecule has 0 bridgehead atoms. The lowest BCUT2D eigenvalue weighted by atomic mass is 10.2. The van der Waals surface area contributed by atoms with Crippen molar-refractivity contribution in [3.05, 3.63) is 71.9 Å². The maximum atomic E-state index is 13.4. The molecule has 5 nitrogen and oxygen atoms in total. The molecule has 0 atom stereocenters. The van der Waals surface area contributed by atoms with Crippen LogP contribution in [0.3, 0.4) is 0 Å². The number of amides is 1. The van der Waals surface area contributed by atoms with Crippen molar-refractivity contribution in [3.63, 3.8) is 0 Å². The normalized spacial score (nSPS) is 11.1. The van der Waals surface area contributed by atoms with Crippen LogP contribution in [0.4, 0.5) is 4.39 Å². The van der Waals surface area contributed by atoms with Crippen LogP contribution in [0.1, 0.15) is 11.4 Å². The molecule has 1 N–H and O–H groups in total. The van der Waals surface area contributed by atoms with Crippen LogP contribution in [0.5, 0.6) is 0 Å². The first-order valence-corrected chi connectivity index (χ1v) is 6.73. The number of nitrogens with zero attached hydrogens (tertiary/aromatic N) is 3. The van der Waals surface area contributed by atoms with Crippen molar-refractivity contribution < 1.29 is 9.18 Å². The fourth-order valence-corrected chi connectivity index (χ4v) is 2.01. The fourth-order valence-electron chi connectivity index (χ4n) is 2.01. The van der Waals surface area contributed by atoms with Gasteiger partial charge in [-0.15, -0.1) is 10.2 Å². The van der Waals surface area contributed by atoms with E-state index in [1.54, 1.807) is 22.6 Å². The number of rotatable bonds is 4. The van der Waals surface area contributed by atoms with E-state index in [0.29, 0.717) is 17.0 Å². The molecule has 0 fully saturated rings. The Bertz CT molecular complexity index is 841. The summed E-state index contributed by atoms with van der Waals surface area (Å²) in [6.07, 6.45) is 4.56. The SMILES string of the molecule is O=C(C=Cc1ccccc1F)NCc1nnc2ccccn12. The molecule has 110 valence electrons. The molecular formula is C16H13FN4O. The van der Waals surface area contributed by atoms with Crippen LogP contribution < -0.4 is 5.32 Å². The molecule has 3 rings (SSSR count). The summed E-state index contributed by atoms with van der Waals surface area (Å²) in [6.45, 7) is 0.242. The molecule has 0 aliphatic heterocycles. The van der Waals surface area contributed by atoms with E-state index in [0.717, 1.165) is 0 Å². The maximum absolute atomic E-state index is 13.4. The van der Waals surface area contributed by atoms with Crippen molar-refractivity contribution in [2.24, 2.45) is 0 Å². The van der Waals surface area contributed by atoms with E-state index in [1.807, 2.05) is 24.4 Å². The number of aromatic nitrogens is 3. The molecule has 0 aliphatic carbocycles. The van der Waals surface area contributed by atoms with E-state index in [1.165, 1.54) is 18.2 Å². The number of hydrogen-bond acceptors (Lipinski definition) is 3. The highest BCUT2D eigenvalue weighted by molar-refractivity contribution is 5.91. The molecule has 2 aromatic heterocycles. The van der Waals surface area contributed by atoms with Gasteiger partial charge in [-0.3, -0.25) is 9.20 Å². The van der Waals surface area contributed by atoms with E-state index in [-0.39, 0.29) is 18.3 Å². The van der Waals surface area contributed by atoms with E-state index in [2.05, 4.69) is 15.5 Å². The van der Waals surface area contributed by atoms with Gasteiger partial charge < -0.3 is 5.32 Å². The van der Waals surface area contributed by atoms with Crippen molar-refractivity contribution in [2.45, 2.75) is 6.54 Å². The number of fused-ring (bicyclic) bond motifs is 1. The van der Waals surface area contributed by atoms with Crippen LogP contribution in [0.25, 0.3) is 11.7 Å². The van der Waals surface area contributed by atoms with E-state index in [9.17, 15) is 9.18 Å². The Balaban J connectivity index is 1.64. The van der Waals surface area contributed by atoms with Crippen LogP contribution in [-0.4, -0.2) is 20.5 Å². The van der Waals surface area contributed by atoms with Crippen molar-refractivity contribution in [1.82, 2.24) is 19.9 Å². The number of halogens is 1. The first-order valence-electron chi connectivity index (χ1n) is 6.73. The summed E-state index contributed by atoms with van der Waals surface area (Å²) in [7, 11) is 0. The first-order chi connectivity index (χ1) is 10.7. The lowest BCUT2D eigenvalue weighted by Crippen LogP contribution is -2.21. The second-order valence-electron chi connectivity index (χ2n) is 4.62. The minimum absolute atomic E-state index is 0.242. The van der Waals surface area contributed by atoms with Gasteiger partial charge in [0, 0.05) is 17.8 Å². The quantitative estimate of drug-likeness (QED) is 0.751. The smallest absolute Gasteiger partial charge is 0.244 e. The molecule has 2 heterocycles. The molecule has 0 unspecified atom stereocenters. The van der Waals surface area contributed by atoms with Crippen LogP contribution >= 0.6 is 0 Å². The average Bonchev–Trinajstić information content (AvgIpc) is 2.95. The van der Waals surface area contributed by atoms with Gasteiger partial charge in [0.2, 0.25) is 5.91 Å². The third-order valence-electron chi connectivity index (χ3n) is 3.12. The number of nitrogens with one attached hydrogen (secondary N) is 1. The number of benzene rings is 1. The summed E-state index contributed by atoms with van der Waals surface area (Å²) < 4.78 is 15.2. The zero-order valence-electron chi connectivity index (χ0n) is 11.6. The number of carbonyl (C=O) groups is 1. The standard InChI is InChI=1S/C16H13FN4O/c17-13-6-2-1-5-12(13)8-9-16(22)18-11-15-20-19-14-7-3-4-10-21(14)15/h1-10H,11H2,(H,18,22). The van der Waals surface area contributed by atoms with Gasteiger partial charge in [0.1, 0.15) is 5.82 Å². The number of pyridine rings is 1. The molecular weight excluding hydrogens is 283 g/mol. The summed E-state index contributed by atoms with van der Waals surface area (Å²) in [5.41, 5.74) is 1.08. The Morgan fingerprint density at radius 3 is 2.86 bits per heavy atom. The van der Waals surface area contributed by atoms with Gasteiger partial charge in [0.05, 0.1) is 6.54 Å². The summed E-state index contributed by atoms with van der Waals surface area (Å²) in [5.74, 6) is -0.0609. The molecule has 3 aromatic rings. The minimum Gasteiger partial charge on any atom is -0.345 e. The third-order valence-corrected chi connectivity index (χ3v) is 3.12. The summed E-state index contributed by atoms with van der Waals surface area (Å²) in [5, 5.41) is 10.7. The Morgan fingerprint density at radius 2 is 2.00 bits per heavy atom. The monoisotopic (exact) mass is 296 g/mol. The second kappa shape index (κ2) is 6.17. The summed E-state index contributed by atoms with van der Waals surface area (Å²) in [4.78, 5) is 11.8. The van der Waals surface area contributed by atoms with Gasteiger partial charge in [0.15, 0.2) is 11.5 Å². The minimum atomic E-state index is -0.366. The number of carbonyl (C=O) groups excluding carboxylic acids is 1. The average molecular weight is 296 g/mol. The predicted octanol–water partition coefficient (Wildman–Crippen LogP) is 2.20. The Hall–Kier alpha value is -3.02. The van der Waals surface area contributed by atoms with Gasteiger partial charge in [0.25, 0.3) is 0 Å². The zero-order chi connectivity index (χ0) is 15.4. The van der Waals surface area contributed by atoms with E-state index < -0.39 is 0 Å². The predicted molar refractivity (Wildman–Crippen MR) is 80.3 cm³/mol. The highest BCUT2D eigenvalue weighted by Gasteiger charge is 2.05. The van der Waals surface area contributed by atoms with Crippen molar-refractivity contribution in [3.8, 4) is 0 Å². The highest BCUT2D eigenvalue weighted by atomic mass is 19.1. The topological polar surface area (TPSA) is 59.3 Å². The highest BCUT2D eigenvalue weighted by Crippen LogP contribution is 2.08. The fraction of sp³-hybridized carbons (Fsp3) is 0.0625. The van der Waals surface area contributed by atoms with Crippen molar-refractivity contribution >= 4 is 17.6 Å². The second-order valence-corrected chi connectivity index (χ2v) is 4.62. The molecule has 0 saturated carbocycles. The molecule has 0 spiro atoms. The third kappa shape index (κ3) is 3.01. The van der Waals surface area contributed by atoms with Gasteiger partial charge >= 0.3 is 0 Å². The molecule has 0 radical (unpaired) electrons.